The monoisotopic (exact) mass is 326 g/mol. The van der Waals surface area contributed by atoms with Crippen LogP contribution in [0.15, 0.2) is 36.7 Å². The van der Waals surface area contributed by atoms with E-state index in [9.17, 15) is 4.79 Å². The van der Waals surface area contributed by atoms with E-state index in [0.717, 1.165) is 27.4 Å². The smallest absolute Gasteiger partial charge is 0.226 e. The van der Waals surface area contributed by atoms with Crippen LogP contribution in [0.5, 0.6) is 0 Å². The fraction of sp³-hybridized carbons (Fsp3) is 0.235. The second-order valence-electron chi connectivity index (χ2n) is 5.64. The number of carbonyl (C=O) groups excluding carboxylic acids is 1. The maximum atomic E-state index is 11.7. The first kappa shape index (κ1) is 15.4. The number of anilines is 3. The predicted molar refractivity (Wildman–Crippen MR) is 95.3 cm³/mol. The van der Waals surface area contributed by atoms with Gasteiger partial charge < -0.3 is 10.6 Å². The Morgan fingerprint density at radius 2 is 1.83 bits per heavy atom. The van der Waals surface area contributed by atoms with Gasteiger partial charge >= 0.3 is 0 Å². The standard InChI is InChI=1S/C17H18N4OS/c1-10(2)16(22)21-13-6-4-12(5-7-13)20-15-14-8-11(3)23-17(14)19-9-18-15/h4-10H,1-3H3,(H,21,22)(H,18,19,20). The number of nitrogens with one attached hydrogen (secondary N) is 2. The Kier molecular flexibility index (Phi) is 4.25. The van der Waals surface area contributed by atoms with Crippen molar-refractivity contribution in [3.63, 3.8) is 0 Å². The molecule has 0 aliphatic heterocycles. The van der Waals surface area contributed by atoms with Crippen LogP contribution >= 0.6 is 11.3 Å². The van der Waals surface area contributed by atoms with E-state index in [-0.39, 0.29) is 11.8 Å². The van der Waals surface area contributed by atoms with E-state index in [4.69, 9.17) is 0 Å². The topological polar surface area (TPSA) is 66.9 Å². The molecular formula is C17H18N4OS. The summed E-state index contributed by atoms with van der Waals surface area (Å²) in [5, 5.41) is 7.20. The summed E-state index contributed by atoms with van der Waals surface area (Å²) in [6.45, 7) is 5.80. The van der Waals surface area contributed by atoms with Crippen molar-refractivity contribution in [1.82, 2.24) is 9.97 Å². The highest BCUT2D eigenvalue weighted by Crippen LogP contribution is 2.29. The van der Waals surface area contributed by atoms with Gasteiger partial charge in [0.1, 0.15) is 17.0 Å². The van der Waals surface area contributed by atoms with Gasteiger partial charge in [0.2, 0.25) is 5.91 Å². The van der Waals surface area contributed by atoms with E-state index >= 15 is 0 Å². The second-order valence-corrected chi connectivity index (χ2v) is 6.88. The first-order valence-electron chi connectivity index (χ1n) is 7.42. The van der Waals surface area contributed by atoms with Crippen molar-refractivity contribution in [2.45, 2.75) is 20.8 Å². The maximum absolute atomic E-state index is 11.7. The van der Waals surface area contributed by atoms with Crippen LogP contribution in [0.25, 0.3) is 10.2 Å². The van der Waals surface area contributed by atoms with Crippen LogP contribution in [-0.4, -0.2) is 15.9 Å². The first-order chi connectivity index (χ1) is 11.0. The quantitative estimate of drug-likeness (QED) is 0.748. The van der Waals surface area contributed by atoms with Crippen molar-refractivity contribution in [3.05, 3.63) is 41.5 Å². The molecule has 0 bridgehead atoms. The zero-order chi connectivity index (χ0) is 16.4. The van der Waals surface area contributed by atoms with Gasteiger partial charge in [0.25, 0.3) is 0 Å². The van der Waals surface area contributed by atoms with Gasteiger partial charge in [0, 0.05) is 22.2 Å². The summed E-state index contributed by atoms with van der Waals surface area (Å²) in [4.78, 5) is 22.5. The van der Waals surface area contributed by atoms with Gasteiger partial charge in [-0.2, -0.15) is 0 Å². The van der Waals surface area contributed by atoms with Gasteiger partial charge in [-0.25, -0.2) is 9.97 Å². The van der Waals surface area contributed by atoms with Gasteiger partial charge in [-0.1, -0.05) is 13.8 Å². The lowest BCUT2D eigenvalue weighted by Crippen LogP contribution is -2.17. The normalized spacial score (nSPS) is 11.0. The highest BCUT2D eigenvalue weighted by Gasteiger charge is 2.08. The molecule has 1 amide bonds. The number of hydrogen-bond donors (Lipinski definition) is 2. The average molecular weight is 326 g/mol. The summed E-state index contributed by atoms with van der Waals surface area (Å²) in [7, 11) is 0. The molecular weight excluding hydrogens is 308 g/mol. The predicted octanol–water partition coefficient (Wildman–Crippen LogP) is 4.34. The molecule has 0 atom stereocenters. The number of hydrogen-bond acceptors (Lipinski definition) is 5. The van der Waals surface area contributed by atoms with Gasteiger partial charge in [-0.3, -0.25) is 4.79 Å². The molecule has 23 heavy (non-hydrogen) atoms. The van der Waals surface area contributed by atoms with E-state index in [1.54, 1.807) is 17.7 Å². The summed E-state index contributed by atoms with van der Waals surface area (Å²) in [6.07, 6.45) is 1.57. The third-order valence-corrected chi connectivity index (χ3v) is 4.35. The highest BCUT2D eigenvalue weighted by molar-refractivity contribution is 7.18. The molecule has 3 aromatic rings. The Hall–Kier alpha value is -2.47. The van der Waals surface area contributed by atoms with Crippen LogP contribution in [0.1, 0.15) is 18.7 Å². The zero-order valence-electron chi connectivity index (χ0n) is 13.3. The van der Waals surface area contributed by atoms with Crippen molar-refractivity contribution >= 4 is 44.7 Å². The number of fused-ring (bicyclic) bond motifs is 1. The number of aromatic nitrogens is 2. The Balaban J connectivity index is 1.78. The molecule has 2 heterocycles. The summed E-state index contributed by atoms with van der Waals surface area (Å²) in [5.74, 6) is 0.763. The lowest BCUT2D eigenvalue weighted by Gasteiger charge is -2.10. The largest absolute Gasteiger partial charge is 0.340 e. The Morgan fingerprint density at radius 3 is 2.52 bits per heavy atom. The number of thiophene rings is 1. The van der Waals surface area contributed by atoms with Crippen molar-refractivity contribution in [2.75, 3.05) is 10.6 Å². The number of aryl methyl sites for hydroxylation is 1. The summed E-state index contributed by atoms with van der Waals surface area (Å²) >= 11 is 1.65. The lowest BCUT2D eigenvalue weighted by atomic mass is 10.2. The second kappa shape index (κ2) is 6.34. The van der Waals surface area contributed by atoms with Crippen molar-refractivity contribution < 1.29 is 4.79 Å². The molecule has 0 saturated heterocycles. The minimum atomic E-state index is -0.0380. The number of rotatable bonds is 4. The Bertz CT molecular complexity index is 839. The molecule has 0 aliphatic carbocycles. The molecule has 1 aromatic carbocycles. The molecule has 118 valence electrons. The Labute approximate surface area is 138 Å². The molecule has 5 nitrogen and oxygen atoms in total. The van der Waals surface area contributed by atoms with Crippen molar-refractivity contribution in [3.8, 4) is 0 Å². The lowest BCUT2D eigenvalue weighted by molar-refractivity contribution is -0.118. The van der Waals surface area contributed by atoms with Crippen LogP contribution < -0.4 is 10.6 Å². The van der Waals surface area contributed by atoms with E-state index < -0.39 is 0 Å². The summed E-state index contributed by atoms with van der Waals surface area (Å²) in [6, 6.07) is 9.67. The van der Waals surface area contributed by atoms with Crippen LogP contribution in [0.3, 0.4) is 0 Å². The van der Waals surface area contributed by atoms with Gasteiger partial charge in [-0.15, -0.1) is 11.3 Å². The first-order valence-corrected chi connectivity index (χ1v) is 8.23. The minimum absolute atomic E-state index is 0.0111. The number of amides is 1. The molecule has 0 fully saturated rings. The van der Waals surface area contributed by atoms with Crippen molar-refractivity contribution in [2.24, 2.45) is 5.92 Å². The maximum Gasteiger partial charge on any atom is 0.226 e. The number of nitrogens with zero attached hydrogens (tertiary/aromatic N) is 2. The van der Waals surface area contributed by atoms with E-state index in [1.165, 1.54) is 4.88 Å². The summed E-state index contributed by atoms with van der Waals surface area (Å²) < 4.78 is 0. The number of carbonyl (C=O) groups is 1. The molecule has 0 saturated carbocycles. The fourth-order valence-corrected chi connectivity index (χ4v) is 2.98. The molecule has 0 unspecified atom stereocenters. The zero-order valence-corrected chi connectivity index (χ0v) is 14.1. The van der Waals surface area contributed by atoms with Gasteiger partial charge in [-0.05, 0) is 37.3 Å². The Morgan fingerprint density at radius 1 is 1.13 bits per heavy atom. The van der Waals surface area contributed by atoms with E-state index in [2.05, 4.69) is 33.6 Å². The van der Waals surface area contributed by atoms with E-state index in [1.807, 2.05) is 38.1 Å². The fourth-order valence-electron chi connectivity index (χ4n) is 2.14. The van der Waals surface area contributed by atoms with Crippen LogP contribution in [0, 0.1) is 12.8 Å². The average Bonchev–Trinajstić information content (AvgIpc) is 2.90. The van der Waals surface area contributed by atoms with E-state index in [0.29, 0.717) is 0 Å². The number of benzene rings is 1. The molecule has 0 aliphatic rings. The molecule has 0 radical (unpaired) electrons. The van der Waals surface area contributed by atoms with Crippen LogP contribution in [-0.2, 0) is 4.79 Å². The van der Waals surface area contributed by atoms with Crippen molar-refractivity contribution in [1.29, 1.82) is 0 Å². The van der Waals surface area contributed by atoms with Crippen LogP contribution in [0.2, 0.25) is 0 Å². The highest BCUT2D eigenvalue weighted by atomic mass is 32.1. The summed E-state index contributed by atoms with van der Waals surface area (Å²) in [5.41, 5.74) is 1.70. The third-order valence-electron chi connectivity index (χ3n) is 3.39. The molecule has 6 heteroatoms. The SMILES string of the molecule is Cc1cc2c(Nc3ccc(NC(=O)C(C)C)cc3)ncnc2s1. The molecule has 3 rings (SSSR count). The minimum Gasteiger partial charge on any atom is -0.340 e. The van der Waals surface area contributed by atoms with Gasteiger partial charge in [0.15, 0.2) is 0 Å². The molecule has 0 spiro atoms. The molecule has 2 aromatic heterocycles. The molecule has 2 N–H and O–H groups in total. The van der Waals surface area contributed by atoms with Gasteiger partial charge in [0.05, 0.1) is 5.39 Å². The third kappa shape index (κ3) is 3.48. The van der Waals surface area contributed by atoms with Crippen LogP contribution in [0.4, 0.5) is 17.2 Å².